The molecule has 1 N–H and O–H groups in total. The first-order valence-electron chi connectivity index (χ1n) is 8.70. The molecule has 0 atom stereocenters. The molecule has 2 aromatic carbocycles. The first-order chi connectivity index (χ1) is 13.0. The molecule has 0 bridgehead atoms. The van der Waals surface area contributed by atoms with Gasteiger partial charge in [0.05, 0.1) is 16.3 Å². The van der Waals surface area contributed by atoms with Crippen LogP contribution < -0.4 is 5.32 Å². The third-order valence-electron chi connectivity index (χ3n) is 4.43. The summed E-state index contributed by atoms with van der Waals surface area (Å²) in [5, 5.41) is 9.27. The Balaban J connectivity index is 1.68. The maximum atomic E-state index is 12.7. The van der Waals surface area contributed by atoms with Crippen LogP contribution in [0.25, 0.3) is 15.9 Å². The van der Waals surface area contributed by atoms with E-state index >= 15 is 0 Å². The van der Waals surface area contributed by atoms with Gasteiger partial charge in [0.1, 0.15) is 4.83 Å². The lowest BCUT2D eigenvalue weighted by molar-refractivity contribution is 0.103. The predicted octanol–water partition coefficient (Wildman–Crippen LogP) is 5.86. The minimum absolute atomic E-state index is 0.105. The van der Waals surface area contributed by atoms with E-state index < -0.39 is 0 Å². The van der Waals surface area contributed by atoms with Crippen molar-refractivity contribution in [1.82, 2.24) is 9.78 Å². The minimum Gasteiger partial charge on any atom is -0.321 e. The first kappa shape index (κ1) is 17.8. The average molecular weight is 396 g/mol. The number of hydrogen-bond donors (Lipinski definition) is 1. The smallest absolute Gasteiger partial charge is 0.265 e. The number of hydrogen-bond acceptors (Lipinski definition) is 3. The number of aromatic nitrogens is 2. The molecule has 4 aromatic rings. The zero-order valence-corrected chi connectivity index (χ0v) is 16.6. The van der Waals surface area contributed by atoms with E-state index in [1.165, 1.54) is 16.9 Å². The van der Waals surface area contributed by atoms with E-state index in [1.54, 1.807) is 0 Å². The van der Waals surface area contributed by atoms with Crippen molar-refractivity contribution in [1.29, 1.82) is 0 Å². The maximum Gasteiger partial charge on any atom is 0.265 e. The van der Waals surface area contributed by atoms with E-state index in [0.29, 0.717) is 9.90 Å². The van der Waals surface area contributed by atoms with Gasteiger partial charge in [-0.05, 0) is 61.4 Å². The van der Waals surface area contributed by atoms with Gasteiger partial charge in [-0.3, -0.25) is 4.79 Å². The zero-order valence-electron chi connectivity index (χ0n) is 15.0. The van der Waals surface area contributed by atoms with Crippen molar-refractivity contribution in [2.75, 3.05) is 5.32 Å². The number of anilines is 1. The van der Waals surface area contributed by atoms with Crippen LogP contribution in [0.4, 0.5) is 5.69 Å². The lowest BCUT2D eigenvalue weighted by Gasteiger charge is -2.05. The number of amides is 1. The largest absolute Gasteiger partial charge is 0.321 e. The van der Waals surface area contributed by atoms with Crippen molar-refractivity contribution < 1.29 is 4.79 Å². The number of carbonyl (C=O) groups excluding carboxylic acids is 1. The van der Waals surface area contributed by atoms with Gasteiger partial charge in [-0.1, -0.05) is 30.7 Å². The lowest BCUT2D eigenvalue weighted by Crippen LogP contribution is -2.10. The van der Waals surface area contributed by atoms with E-state index in [9.17, 15) is 4.79 Å². The van der Waals surface area contributed by atoms with Gasteiger partial charge in [-0.2, -0.15) is 5.10 Å². The van der Waals surface area contributed by atoms with Crippen LogP contribution in [-0.4, -0.2) is 15.7 Å². The molecule has 4 rings (SSSR count). The van der Waals surface area contributed by atoms with Crippen LogP contribution in [-0.2, 0) is 6.42 Å². The number of benzene rings is 2. The molecule has 6 heteroatoms. The second-order valence-corrected chi connectivity index (χ2v) is 7.78. The highest BCUT2D eigenvalue weighted by atomic mass is 35.5. The number of nitrogens with zero attached hydrogens (tertiary/aromatic N) is 2. The van der Waals surface area contributed by atoms with Crippen LogP contribution in [0.3, 0.4) is 0 Å². The normalized spacial score (nSPS) is 11.1. The number of thiophene rings is 1. The van der Waals surface area contributed by atoms with Gasteiger partial charge in [0.2, 0.25) is 0 Å². The summed E-state index contributed by atoms with van der Waals surface area (Å²) in [4.78, 5) is 14.3. The highest BCUT2D eigenvalue weighted by Crippen LogP contribution is 2.31. The summed E-state index contributed by atoms with van der Waals surface area (Å²) < 4.78 is 1.86. The summed E-state index contributed by atoms with van der Waals surface area (Å²) in [6, 6.07) is 17.4. The van der Waals surface area contributed by atoms with Crippen molar-refractivity contribution in [3.05, 3.63) is 75.8 Å². The molecule has 2 aromatic heterocycles. The molecule has 0 saturated heterocycles. The van der Waals surface area contributed by atoms with Crippen molar-refractivity contribution in [2.24, 2.45) is 0 Å². The standard InChI is InChI=1S/C21H18ClN3OS/c1-3-14-5-4-6-16(11-14)23-20(26)19-12-18-13(2)24-25(21(18)27-19)17-9-7-15(22)8-10-17/h4-12H,3H2,1-2H3,(H,23,26). The average Bonchev–Trinajstić information content (AvgIpc) is 3.24. The van der Waals surface area contributed by atoms with E-state index in [1.807, 2.05) is 60.1 Å². The Morgan fingerprint density at radius 1 is 1.19 bits per heavy atom. The third-order valence-corrected chi connectivity index (χ3v) is 5.79. The summed E-state index contributed by atoms with van der Waals surface area (Å²) in [6.07, 6.45) is 0.933. The summed E-state index contributed by atoms with van der Waals surface area (Å²) in [5.74, 6) is -0.105. The Bertz CT molecular complexity index is 1130. The topological polar surface area (TPSA) is 46.9 Å². The molecule has 0 aliphatic heterocycles. The van der Waals surface area contributed by atoms with Gasteiger partial charge >= 0.3 is 0 Å². The Hall–Kier alpha value is -2.63. The van der Waals surface area contributed by atoms with Crippen molar-refractivity contribution in [3.8, 4) is 5.69 Å². The van der Waals surface area contributed by atoms with Crippen molar-refractivity contribution in [2.45, 2.75) is 20.3 Å². The molecule has 0 fully saturated rings. The van der Waals surface area contributed by atoms with E-state index in [-0.39, 0.29) is 5.91 Å². The number of aryl methyl sites for hydroxylation is 2. The van der Waals surface area contributed by atoms with E-state index in [4.69, 9.17) is 11.6 Å². The molecular formula is C21H18ClN3OS. The molecule has 27 heavy (non-hydrogen) atoms. The van der Waals surface area contributed by atoms with Crippen LogP contribution in [0.2, 0.25) is 5.02 Å². The zero-order chi connectivity index (χ0) is 19.0. The second kappa shape index (κ2) is 7.18. The Morgan fingerprint density at radius 2 is 1.96 bits per heavy atom. The van der Waals surface area contributed by atoms with Crippen molar-refractivity contribution in [3.63, 3.8) is 0 Å². The van der Waals surface area contributed by atoms with Crippen LogP contribution in [0.15, 0.2) is 54.6 Å². The molecule has 0 saturated carbocycles. The minimum atomic E-state index is -0.105. The Kier molecular flexibility index (Phi) is 4.72. The van der Waals surface area contributed by atoms with Gasteiger partial charge in [0.25, 0.3) is 5.91 Å². The van der Waals surface area contributed by atoms with Gasteiger partial charge in [-0.25, -0.2) is 4.68 Å². The Labute approximate surface area is 166 Å². The van der Waals surface area contributed by atoms with Gasteiger partial charge < -0.3 is 5.32 Å². The molecule has 0 radical (unpaired) electrons. The summed E-state index contributed by atoms with van der Waals surface area (Å²) in [5.41, 5.74) is 3.82. The highest BCUT2D eigenvalue weighted by Gasteiger charge is 2.17. The second-order valence-electron chi connectivity index (χ2n) is 6.31. The fourth-order valence-corrected chi connectivity index (χ4v) is 4.18. The molecule has 4 nitrogen and oxygen atoms in total. The fraction of sp³-hybridized carbons (Fsp3) is 0.143. The van der Waals surface area contributed by atoms with Crippen molar-refractivity contribution >= 4 is 44.7 Å². The third kappa shape index (κ3) is 3.48. The molecule has 1 amide bonds. The number of fused-ring (bicyclic) bond motifs is 1. The van der Waals surface area contributed by atoms with E-state index in [0.717, 1.165) is 33.7 Å². The first-order valence-corrected chi connectivity index (χ1v) is 9.90. The van der Waals surface area contributed by atoms with Crippen LogP contribution in [0.1, 0.15) is 27.9 Å². The fourth-order valence-electron chi connectivity index (χ4n) is 2.98. The Morgan fingerprint density at radius 3 is 2.70 bits per heavy atom. The molecule has 0 unspecified atom stereocenters. The van der Waals surface area contributed by atoms with E-state index in [2.05, 4.69) is 23.4 Å². The monoisotopic (exact) mass is 395 g/mol. The molecule has 2 heterocycles. The quantitative estimate of drug-likeness (QED) is 0.470. The summed E-state index contributed by atoms with van der Waals surface area (Å²) in [7, 11) is 0. The maximum absolute atomic E-state index is 12.7. The molecule has 0 aliphatic rings. The van der Waals surface area contributed by atoms with Gasteiger partial charge in [0.15, 0.2) is 0 Å². The molecule has 136 valence electrons. The van der Waals surface area contributed by atoms with Crippen LogP contribution in [0, 0.1) is 6.92 Å². The predicted molar refractivity (Wildman–Crippen MR) is 112 cm³/mol. The summed E-state index contributed by atoms with van der Waals surface area (Å²) in [6.45, 7) is 4.05. The SMILES string of the molecule is CCc1cccc(NC(=O)c2cc3c(C)nn(-c4ccc(Cl)cc4)c3s2)c1. The molecular weight excluding hydrogens is 378 g/mol. The molecule has 0 aliphatic carbocycles. The van der Waals surface area contributed by atoms with Crippen LogP contribution >= 0.6 is 22.9 Å². The lowest BCUT2D eigenvalue weighted by atomic mass is 10.1. The number of rotatable bonds is 4. The number of halogens is 1. The number of carbonyl (C=O) groups is 1. The number of nitrogens with one attached hydrogen (secondary N) is 1. The van der Waals surface area contributed by atoms with Gasteiger partial charge in [-0.15, -0.1) is 11.3 Å². The summed E-state index contributed by atoms with van der Waals surface area (Å²) >= 11 is 7.42. The molecule has 0 spiro atoms. The van der Waals surface area contributed by atoms with Crippen LogP contribution in [0.5, 0.6) is 0 Å². The van der Waals surface area contributed by atoms with Gasteiger partial charge in [0, 0.05) is 16.1 Å². The highest BCUT2D eigenvalue weighted by molar-refractivity contribution is 7.20.